The molecule has 1 saturated heterocycles. The van der Waals surface area contributed by atoms with Crippen molar-refractivity contribution >= 4 is 27.3 Å². The molecule has 0 N–H and O–H groups in total. The van der Waals surface area contributed by atoms with Gasteiger partial charge in [-0.25, -0.2) is 0 Å². The second-order valence-corrected chi connectivity index (χ2v) is 7.22. The van der Waals surface area contributed by atoms with Crippen molar-refractivity contribution < 1.29 is 4.79 Å². The fraction of sp³-hybridized carbons (Fsp3) is 0.471. The smallest absolute Gasteiger partial charge is 0.264 e. The molecular weight excluding hydrogens is 280 g/mol. The minimum atomic E-state index is 0.195. The first kappa shape index (κ1) is 14.5. The standard InChI is InChI=1S/C17H22N2OS/c1-13(2)12-18-7-9-19(10-8-18)17(20)16-11-14-5-3-4-6-15(14)21-16/h3-6,11,13H,7-10,12H2,1-2H3. The van der Waals surface area contributed by atoms with E-state index in [1.54, 1.807) is 11.3 Å². The second kappa shape index (κ2) is 6.16. The Morgan fingerprint density at radius 1 is 1.19 bits per heavy atom. The van der Waals surface area contributed by atoms with E-state index >= 15 is 0 Å². The Hall–Kier alpha value is -1.39. The Labute approximate surface area is 130 Å². The monoisotopic (exact) mass is 302 g/mol. The molecule has 0 bridgehead atoms. The van der Waals surface area contributed by atoms with Crippen molar-refractivity contribution in [1.29, 1.82) is 0 Å². The number of hydrogen-bond donors (Lipinski definition) is 0. The molecule has 0 aliphatic carbocycles. The molecule has 112 valence electrons. The molecule has 3 rings (SSSR count). The molecule has 21 heavy (non-hydrogen) atoms. The molecule has 0 atom stereocenters. The summed E-state index contributed by atoms with van der Waals surface area (Å²) in [4.78, 5) is 17.9. The summed E-state index contributed by atoms with van der Waals surface area (Å²) in [6.07, 6.45) is 0. The van der Waals surface area contributed by atoms with Gasteiger partial charge in [-0.3, -0.25) is 9.69 Å². The number of benzene rings is 1. The number of nitrogens with zero attached hydrogens (tertiary/aromatic N) is 2. The molecule has 2 heterocycles. The maximum Gasteiger partial charge on any atom is 0.264 e. The fourth-order valence-corrected chi connectivity index (χ4v) is 3.92. The number of rotatable bonds is 3. The van der Waals surface area contributed by atoms with Crippen molar-refractivity contribution in [3.63, 3.8) is 0 Å². The van der Waals surface area contributed by atoms with E-state index in [2.05, 4.69) is 30.9 Å². The van der Waals surface area contributed by atoms with Crippen LogP contribution in [0.5, 0.6) is 0 Å². The zero-order valence-electron chi connectivity index (χ0n) is 12.7. The number of amides is 1. The van der Waals surface area contributed by atoms with Gasteiger partial charge < -0.3 is 4.90 Å². The summed E-state index contributed by atoms with van der Waals surface area (Å²) in [6, 6.07) is 10.2. The van der Waals surface area contributed by atoms with E-state index in [1.807, 2.05) is 23.1 Å². The van der Waals surface area contributed by atoms with Gasteiger partial charge in [0, 0.05) is 37.4 Å². The summed E-state index contributed by atoms with van der Waals surface area (Å²) in [5, 5.41) is 1.17. The first-order chi connectivity index (χ1) is 10.1. The van der Waals surface area contributed by atoms with Gasteiger partial charge in [0.1, 0.15) is 0 Å². The number of fused-ring (bicyclic) bond motifs is 1. The molecule has 1 aromatic heterocycles. The maximum absolute atomic E-state index is 12.6. The molecule has 1 amide bonds. The van der Waals surface area contributed by atoms with Gasteiger partial charge >= 0.3 is 0 Å². The third-order valence-corrected chi connectivity index (χ3v) is 5.02. The molecule has 1 aliphatic rings. The minimum Gasteiger partial charge on any atom is -0.335 e. The van der Waals surface area contributed by atoms with E-state index in [1.165, 1.54) is 10.1 Å². The highest BCUT2D eigenvalue weighted by molar-refractivity contribution is 7.20. The second-order valence-electron chi connectivity index (χ2n) is 6.14. The summed E-state index contributed by atoms with van der Waals surface area (Å²) >= 11 is 1.61. The van der Waals surface area contributed by atoms with Crippen LogP contribution in [0.4, 0.5) is 0 Å². The van der Waals surface area contributed by atoms with Crippen LogP contribution < -0.4 is 0 Å². The van der Waals surface area contributed by atoms with Crippen LogP contribution in [0.1, 0.15) is 23.5 Å². The Kier molecular flexibility index (Phi) is 4.27. The van der Waals surface area contributed by atoms with Gasteiger partial charge in [-0.15, -0.1) is 11.3 Å². The third-order valence-electron chi connectivity index (χ3n) is 3.92. The van der Waals surface area contributed by atoms with Gasteiger partial charge in [-0.1, -0.05) is 32.0 Å². The number of carbonyl (C=O) groups excluding carboxylic acids is 1. The molecule has 1 aliphatic heterocycles. The minimum absolute atomic E-state index is 0.195. The molecule has 0 unspecified atom stereocenters. The van der Waals surface area contributed by atoms with E-state index < -0.39 is 0 Å². The highest BCUT2D eigenvalue weighted by Gasteiger charge is 2.23. The van der Waals surface area contributed by atoms with Crippen molar-refractivity contribution in [3.8, 4) is 0 Å². The van der Waals surface area contributed by atoms with Gasteiger partial charge in [-0.2, -0.15) is 0 Å². The molecular formula is C17H22N2OS. The zero-order chi connectivity index (χ0) is 14.8. The molecule has 0 saturated carbocycles. The van der Waals surface area contributed by atoms with Crippen LogP contribution in [-0.2, 0) is 0 Å². The molecule has 1 fully saturated rings. The Morgan fingerprint density at radius 3 is 2.57 bits per heavy atom. The van der Waals surface area contributed by atoms with Crippen LogP contribution in [0.25, 0.3) is 10.1 Å². The van der Waals surface area contributed by atoms with Crippen LogP contribution in [0.15, 0.2) is 30.3 Å². The Bertz CT molecular complexity index is 594. The van der Waals surface area contributed by atoms with Gasteiger partial charge in [0.25, 0.3) is 5.91 Å². The predicted molar refractivity (Wildman–Crippen MR) is 89.0 cm³/mol. The highest BCUT2D eigenvalue weighted by atomic mass is 32.1. The SMILES string of the molecule is CC(C)CN1CCN(C(=O)c2cc3ccccc3s2)CC1. The first-order valence-electron chi connectivity index (χ1n) is 7.63. The van der Waals surface area contributed by atoms with Crippen LogP contribution in [0, 0.1) is 5.92 Å². The van der Waals surface area contributed by atoms with Gasteiger partial charge in [-0.05, 0) is 23.4 Å². The van der Waals surface area contributed by atoms with Crippen molar-refractivity contribution in [1.82, 2.24) is 9.80 Å². The molecule has 3 nitrogen and oxygen atoms in total. The number of piperazine rings is 1. The normalized spacial score (nSPS) is 16.8. The van der Waals surface area contributed by atoms with Gasteiger partial charge in [0.2, 0.25) is 0 Å². The number of thiophene rings is 1. The van der Waals surface area contributed by atoms with E-state index in [9.17, 15) is 4.79 Å². The van der Waals surface area contributed by atoms with Crippen LogP contribution >= 0.6 is 11.3 Å². The van der Waals surface area contributed by atoms with Crippen molar-refractivity contribution in [2.24, 2.45) is 5.92 Å². The quantitative estimate of drug-likeness (QED) is 0.868. The lowest BCUT2D eigenvalue weighted by atomic mass is 10.2. The molecule has 1 aromatic carbocycles. The van der Waals surface area contributed by atoms with E-state index in [0.29, 0.717) is 5.92 Å². The highest BCUT2D eigenvalue weighted by Crippen LogP contribution is 2.26. The summed E-state index contributed by atoms with van der Waals surface area (Å²) < 4.78 is 1.19. The van der Waals surface area contributed by atoms with Crippen LogP contribution in [0.3, 0.4) is 0 Å². The van der Waals surface area contributed by atoms with E-state index in [4.69, 9.17) is 0 Å². The van der Waals surface area contributed by atoms with Crippen molar-refractivity contribution in [3.05, 3.63) is 35.2 Å². The van der Waals surface area contributed by atoms with Gasteiger partial charge in [0.15, 0.2) is 0 Å². The summed E-state index contributed by atoms with van der Waals surface area (Å²) in [6.45, 7) is 9.30. The lowest BCUT2D eigenvalue weighted by molar-refractivity contribution is 0.0628. The lowest BCUT2D eigenvalue weighted by Gasteiger charge is -2.35. The lowest BCUT2D eigenvalue weighted by Crippen LogP contribution is -2.49. The summed E-state index contributed by atoms with van der Waals surface area (Å²) in [7, 11) is 0. The van der Waals surface area contributed by atoms with Crippen molar-refractivity contribution in [2.45, 2.75) is 13.8 Å². The average Bonchev–Trinajstić information content (AvgIpc) is 2.90. The topological polar surface area (TPSA) is 23.6 Å². The zero-order valence-corrected chi connectivity index (χ0v) is 13.5. The number of hydrogen-bond acceptors (Lipinski definition) is 3. The summed E-state index contributed by atoms with van der Waals surface area (Å²) in [5.74, 6) is 0.884. The van der Waals surface area contributed by atoms with E-state index in [0.717, 1.165) is 37.6 Å². The Balaban J connectivity index is 1.66. The number of carbonyl (C=O) groups is 1. The maximum atomic E-state index is 12.6. The molecule has 0 radical (unpaired) electrons. The molecule has 2 aromatic rings. The first-order valence-corrected chi connectivity index (χ1v) is 8.45. The predicted octanol–water partition coefficient (Wildman–Crippen LogP) is 3.32. The largest absolute Gasteiger partial charge is 0.335 e. The molecule has 4 heteroatoms. The fourth-order valence-electron chi connectivity index (χ4n) is 2.89. The van der Waals surface area contributed by atoms with Crippen molar-refractivity contribution in [2.75, 3.05) is 32.7 Å². The Morgan fingerprint density at radius 2 is 1.90 bits per heavy atom. The van der Waals surface area contributed by atoms with Crippen LogP contribution in [0.2, 0.25) is 0 Å². The van der Waals surface area contributed by atoms with Crippen LogP contribution in [-0.4, -0.2) is 48.4 Å². The average molecular weight is 302 g/mol. The third kappa shape index (κ3) is 3.27. The summed E-state index contributed by atoms with van der Waals surface area (Å²) in [5.41, 5.74) is 0. The molecule has 0 spiro atoms. The van der Waals surface area contributed by atoms with Gasteiger partial charge in [0.05, 0.1) is 4.88 Å². The van der Waals surface area contributed by atoms with E-state index in [-0.39, 0.29) is 5.91 Å².